The highest BCUT2D eigenvalue weighted by molar-refractivity contribution is 6.00. The van der Waals surface area contributed by atoms with Crippen LogP contribution in [-0.4, -0.2) is 54.8 Å². The molecule has 2 saturated heterocycles. The van der Waals surface area contributed by atoms with Gasteiger partial charge >= 0.3 is 5.97 Å². The van der Waals surface area contributed by atoms with E-state index in [1.54, 1.807) is 34.1 Å². The molecule has 0 aliphatic carbocycles. The van der Waals surface area contributed by atoms with Gasteiger partial charge < -0.3 is 20.3 Å². The van der Waals surface area contributed by atoms with E-state index in [2.05, 4.69) is 0 Å². The fourth-order valence-corrected chi connectivity index (χ4v) is 3.82. The van der Waals surface area contributed by atoms with Crippen molar-refractivity contribution in [3.63, 3.8) is 0 Å². The highest BCUT2D eigenvalue weighted by Crippen LogP contribution is 2.28. The third-order valence-electron chi connectivity index (χ3n) is 5.54. The maximum atomic E-state index is 12.8. The summed E-state index contributed by atoms with van der Waals surface area (Å²) in [5.74, 6) is -1.45. The second-order valence-corrected chi connectivity index (χ2v) is 7.59. The molecule has 29 heavy (non-hydrogen) atoms. The Morgan fingerprint density at radius 3 is 2.34 bits per heavy atom. The highest BCUT2D eigenvalue weighted by atomic mass is 16.5. The van der Waals surface area contributed by atoms with E-state index in [1.165, 1.54) is 0 Å². The minimum absolute atomic E-state index is 0.0523. The number of hydrogen-bond donors (Lipinski definition) is 1. The molecule has 3 rings (SSSR count). The number of hydrogen-bond acceptors (Lipinski definition) is 5. The lowest BCUT2D eigenvalue weighted by atomic mass is 9.95. The van der Waals surface area contributed by atoms with E-state index < -0.39 is 11.9 Å². The standard InChI is InChI=1S/C21H27N3O5/c1-2-11-29-21(28)15-3-5-17(6-4-15)24-13-16(12-18(24)25)20(27)23-9-7-14(8-10-23)19(22)26/h3-6,14,16H,2,7-13H2,1H3,(H2,22,26)/t16-/m1/s1. The lowest BCUT2D eigenvalue weighted by molar-refractivity contribution is -0.138. The molecule has 1 atom stereocenters. The molecule has 1 aromatic rings. The minimum Gasteiger partial charge on any atom is -0.462 e. The summed E-state index contributed by atoms with van der Waals surface area (Å²) in [5, 5.41) is 0. The molecule has 0 unspecified atom stereocenters. The number of nitrogens with two attached hydrogens (primary N) is 1. The highest BCUT2D eigenvalue weighted by Gasteiger charge is 2.38. The van der Waals surface area contributed by atoms with Crippen molar-refractivity contribution in [2.75, 3.05) is 31.1 Å². The van der Waals surface area contributed by atoms with Crippen LogP contribution in [0, 0.1) is 11.8 Å². The van der Waals surface area contributed by atoms with Crippen LogP contribution in [0.25, 0.3) is 0 Å². The first-order valence-corrected chi connectivity index (χ1v) is 10.1. The number of piperidine rings is 1. The van der Waals surface area contributed by atoms with Crippen molar-refractivity contribution >= 4 is 29.4 Å². The van der Waals surface area contributed by atoms with Crippen LogP contribution in [-0.2, 0) is 19.1 Å². The lowest BCUT2D eigenvalue weighted by Gasteiger charge is -2.32. The van der Waals surface area contributed by atoms with Crippen molar-refractivity contribution in [1.82, 2.24) is 4.90 Å². The Morgan fingerprint density at radius 1 is 1.10 bits per heavy atom. The third-order valence-corrected chi connectivity index (χ3v) is 5.54. The monoisotopic (exact) mass is 401 g/mol. The van der Waals surface area contributed by atoms with E-state index >= 15 is 0 Å². The number of nitrogens with zero attached hydrogens (tertiary/aromatic N) is 2. The molecule has 0 saturated carbocycles. The Morgan fingerprint density at radius 2 is 1.76 bits per heavy atom. The first-order valence-electron chi connectivity index (χ1n) is 10.1. The van der Waals surface area contributed by atoms with Crippen LogP contribution in [0.1, 0.15) is 43.0 Å². The molecule has 2 aliphatic heterocycles. The van der Waals surface area contributed by atoms with Gasteiger partial charge in [-0.1, -0.05) is 6.92 Å². The minimum atomic E-state index is -0.401. The zero-order valence-corrected chi connectivity index (χ0v) is 16.6. The molecule has 0 spiro atoms. The molecule has 2 aliphatic rings. The van der Waals surface area contributed by atoms with Crippen molar-refractivity contribution in [3.05, 3.63) is 29.8 Å². The zero-order valence-electron chi connectivity index (χ0n) is 16.6. The SMILES string of the molecule is CCCOC(=O)c1ccc(N2C[C@H](C(=O)N3CCC(C(N)=O)CC3)CC2=O)cc1. The summed E-state index contributed by atoms with van der Waals surface area (Å²) in [6.07, 6.45) is 2.05. The normalized spacial score (nSPS) is 20.0. The van der Waals surface area contributed by atoms with Crippen LogP contribution < -0.4 is 10.6 Å². The zero-order chi connectivity index (χ0) is 21.0. The number of benzene rings is 1. The number of carbonyl (C=O) groups excluding carboxylic acids is 4. The molecule has 3 amide bonds. The van der Waals surface area contributed by atoms with Gasteiger partial charge in [0, 0.05) is 37.7 Å². The Hall–Kier alpha value is -2.90. The van der Waals surface area contributed by atoms with Crippen molar-refractivity contribution in [2.45, 2.75) is 32.6 Å². The van der Waals surface area contributed by atoms with Crippen molar-refractivity contribution < 1.29 is 23.9 Å². The van der Waals surface area contributed by atoms with Gasteiger partial charge in [-0.25, -0.2) is 4.79 Å². The van der Waals surface area contributed by atoms with Gasteiger partial charge in [-0.05, 0) is 43.5 Å². The molecule has 2 heterocycles. The number of esters is 1. The predicted octanol–water partition coefficient (Wildman–Crippen LogP) is 1.33. The summed E-state index contributed by atoms with van der Waals surface area (Å²) in [4.78, 5) is 51.8. The smallest absolute Gasteiger partial charge is 0.338 e. The molecule has 0 aromatic heterocycles. The number of anilines is 1. The molecule has 8 nitrogen and oxygen atoms in total. The second kappa shape index (κ2) is 9.07. The molecule has 1 aromatic carbocycles. The van der Waals surface area contributed by atoms with Gasteiger partial charge in [0.2, 0.25) is 17.7 Å². The summed E-state index contributed by atoms with van der Waals surface area (Å²) in [6.45, 7) is 3.59. The van der Waals surface area contributed by atoms with Crippen LogP contribution in [0.4, 0.5) is 5.69 Å². The summed E-state index contributed by atoms with van der Waals surface area (Å²) < 4.78 is 5.10. The molecule has 2 fully saturated rings. The molecule has 8 heteroatoms. The van der Waals surface area contributed by atoms with E-state index in [0.29, 0.717) is 50.3 Å². The molecule has 156 valence electrons. The summed E-state index contributed by atoms with van der Waals surface area (Å²) in [7, 11) is 0. The van der Waals surface area contributed by atoms with Gasteiger partial charge in [-0.3, -0.25) is 14.4 Å². The number of carbonyl (C=O) groups is 4. The van der Waals surface area contributed by atoms with Crippen LogP contribution in [0.2, 0.25) is 0 Å². The third kappa shape index (κ3) is 4.75. The molecular formula is C21H27N3O5. The van der Waals surface area contributed by atoms with Crippen LogP contribution in [0.5, 0.6) is 0 Å². The lowest BCUT2D eigenvalue weighted by Crippen LogP contribution is -2.44. The van der Waals surface area contributed by atoms with Gasteiger partial charge in [0.15, 0.2) is 0 Å². The van der Waals surface area contributed by atoms with Crippen molar-refractivity contribution in [1.29, 1.82) is 0 Å². The second-order valence-electron chi connectivity index (χ2n) is 7.59. The first kappa shape index (κ1) is 20.8. The molecule has 0 bridgehead atoms. The van der Waals surface area contributed by atoms with Gasteiger partial charge in [-0.15, -0.1) is 0 Å². The quantitative estimate of drug-likeness (QED) is 0.723. The van der Waals surface area contributed by atoms with Gasteiger partial charge in [0.05, 0.1) is 18.1 Å². The largest absolute Gasteiger partial charge is 0.462 e. The molecular weight excluding hydrogens is 374 g/mol. The van der Waals surface area contributed by atoms with E-state index in [-0.39, 0.29) is 30.1 Å². The Kier molecular flexibility index (Phi) is 6.51. The van der Waals surface area contributed by atoms with Gasteiger partial charge in [-0.2, -0.15) is 0 Å². The summed E-state index contributed by atoms with van der Waals surface area (Å²) >= 11 is 0. The Bertz CT molecular complexity index is 784. The maximum absolute atomic E-state index is 12.8. The van der Waals surface area contributed by atoms with Crippen LogP contribution in [0.3, 0.4) is 0 Å². The van der Waals surface area contributed by atoms with Gasteiger partial charge in [0.25, 0.3) is 0 Å². The fourth-order valence-electron chi connectivity index (χ4n) is 3.82. The van der Waals surface area contributed by atoms with E-state index in [0.717, 1.165) is 6.42 Å². The fraction of sp³-hybridized carbons (Fsp3) is 0.524. The predicted molar refractivity (Wildman–Crippen MR) is 106 cm³/mol. The number of primary amides is 1. The van der Waals surface area contributed by atoms with Crippen molar-refractivity contribution in [2.24, 2.45) is 17.6 Å². The van der Waals surface area contributed by atoms with E-state index in [1.807, 2.05) is 6.92 Å². The summed E-state index contributed by atoms with van der Waals surface area (Å²) in [6, 6.07) is 6.66. The average Bonchev–Trinajstić information content (AvgIpc) is 3.13. The first-order chi connectivity index (χ1) is 13.9. The number of amides is 3. The number of rotatable bonds is 6. The molecule has 2 N–H and O–H groups in total. The molecule has 0 radical (unpaired) electrons. The average molecular weight is 401 g/mol. The van der Waals surface area contributed by atoms with E-state index in [9.17, 15) is 19.2 Å². The number of ether oxygens (including phenoxy) is 1. The maximum Gasteiger partial charge on any atom is 0.338 e. The summed E-state index contributed by atoms with van der Waals surface area (Å²) in [5.41, 5.74) is 6.43. The van der Waals surface area contributed by atoms with Crippen molar-refractivity contribution in [3.8, 4) is 0 Å². The van der Waals surface area contributed by atoms with Gasteiger partial charge in [0.1, 0.15) is 0 Å². The van der Waals surface area contributed by atoms with E-state index in [4.69, 9.17) is 10.5 Å². The topological polar surface area (TPSA) is 110 Å². The Balaban J connectivity index is 1.59. The van der Waals surface area contributed by atoms with Crippen LogP contribution in [0.15, 0.2) is 24.3 Å². The Labute approximate surface area is 170 Å². The van der Waals surface area contributed by atoms with Crippen LogP contribution >= 0.6 is 0 Å². The number of likely N-dealkylation sites (tertiary alicyclic amines) is 1.